The van der Waals surface area contributed by atoms with Crippen LogP contribution in [-0.4, -0.2) is 48.2 Å². The number of rotatable bonds is 8. The van der Waals surface area contributed by atoms with Gasteiger partial charge in [0, 0.05) is 30.9 Å². The van der Waals surface area contributed by atoms with Crippen LogP contribution in [0.5, 0.6) is 0 Å². The van der Waals surface area contributed by atoms with Crippen LogP contribution in [0.3, 0.4) is 0 Å². The molecule has 2 heterocycles. The Morgan fingerprint density at radius 2 is 1.54 bits per heavy atom. The number of likely N-dealkylation sites (tertiary alicyclic amines) is 2. The minimum Gasteiger partial charge on any atom is -0.371 e. The van der Waals surface area contributed by atoms with E-state index < -0.39 is 5.67 Å². The molecule has 2 fully saturated rings. The Hall–Kier alpha value is -2.20. The van der Waals surface area contributed by atoms with E-state index in [0.29, 0.717) is 18.0 Å². The first kappa shape index (κ1) is 25.9. The fourth-order valence-electron chi connectivity index (χ4n) is 5.64. The minimum atomic E-state index is -1.11. The third-order valence-electron chi connectivity index (χ3n) is 7.70. The lowest BCUT2D eigenvalue weighted by Gasteiger charge is -2.34. The highest BCUT2D eigenvalue weighted by atomic mass is 19.1. The van der Waals surface area contributed by atoms with Crippen LogP contribution in [0, 0.1) is 11.7 Å². The van der Waals surface area contributed by atoms with E-state index in [1.54, 1.807) is 19.9 Å². The van der Waals surface area contributed by atoms with Gasteiger partial charge in [-0.15, -0.1) is 0 Å². The number of halogens is 2. The minimum absolute atomic E-state index is 0.191. The first-order valence-corrected chi connectivity index (χ1v) is 13.5. The summed E-state index contributed by atoms with van der Waals surface area (Å²) in [4.78, 5) is 4.50. The van der Waals surface area contributed by atoms with E-state index in [4.69, 9.17) is 0 Å². The van der Waals surface area contributed by atoms with Gasteiger partial charge in [0.05, 0.1) is 0 Å². The third-order valence-corrected chi connectivity index (χ3v) is 7.70. The molecule has 35 heavy (non-hydrogen) atoms. The average molecular weight is 481 g/mol. The molecule has 0 atom stereocenters. The fraction of sp³-hybridized carbons (Fsp3) is 0.548. The van der Waals surface area contributed by atoms with Crippen molar-refractivity contribution in [1.82, 2.24) is 9.80 Å². The van der Waals surface area contributed by atoms with Crippen molar-refractivity contribution >= 4 is 5.70 Å². The van der Waals surface area contributed by atoms with E-state index in [-0.39, 0.29) is 5.82 Å². The van der Waals surface area contributed by atoms with Gasteiger partial charge in [-0.2, -0.15) is 0 Å². The lowest BCUT2D eigenvalue weighted by Crippen LogP contribution is -2.41. The fourth-order valence-corrected chi connectivity index (χ4v) is 5.64. The maximum Gasteiger partial charge on any atom is 0.133 e. The Morgan fingerprint density at radius 1 is 0.914 bits per heavy atom. The van der Waals surface area contributed by atoms with E-state index in [0.717, 1.165) is 75.1 Å². The van der Waals surface area contributed by atoms with Crippen LogP contribution in [0.2, 0.25) is 0 Å². The Morgan fingerprint density at radius 3 is 2.14 bits per heavy atom. The van der Waals surface area contributed by atoms with Crippen LogP contribution in [0.25, 0.3) is 16.8 Å². The van der Waals surface area contributed by atoms with Crippen LogP contribution >= 0.6 is 0 Å². The molecule has 0 aromatic heterocycles. The molecule has 0 saturated carbocycles. The summed E-state index contributed by atoms with van der Waals surface area (Å²) in [6.45, 7) is 12.0. The molecule has 0 spiro atoms. The number of hydrogen-bond donors (Lipinski definition) is 0. The highest BCUT2D eigenvalue weighted by molar-refractivity contribution is 5.69. The molecule has 4 rings (SSSR count). The van der Waals surface area contributed by atoms with Gasteiger partial charge in [0.2, 0.25) is 0 Å². The van der Waals surface area contributed by atoms with E-state index in [9.17, 15) is 4.39 Å². The summed E-state index contributed by atoms with van der Waals surface area (Å²) in [6, 6.07) is 14.1. The maximum absolute atomic E-state index is 15.1. The molecule has 190 valence electrons. The van der Waals surface area contributed by atoms with Crippen molar-refractivity contribution in [3.8, 4) is 11.1 Å². The van der Waals surface area contributed by atoms with Crippen LogP contribution in [0.4, 0.5) is 8.78 Å². The second-order valence-corrected chi connectivity index (χ2v) is 11.2. The summed E-state index contributed by atoms with van der Waals surface area (Å²) in [5.74, 6) is 0.524. The standard InChI is InChI=1S/C31H42F2N2/c1-24(35-18-6-4-5-7-19-35)29-15-14-28(22-30(29)32)27-12-10-25(11-13-27)8-9-26-16-20-34(21-17-26)23-31(2,3)33/h10-15,22,26H,1,4-9,16-21,23H2,2-3H3. The normalized spacial score (nSPS) is 18.5. The second kappa shape index (κ2) is 11.7. The van der Waals surface area contributed by atoms with Crippen molar-refractivity contribution in [1.29, 1.82) is 0 Å². The summed E-state index contributed by atoms with van der Waals surface area (Å²) in [7, 11) is 0. The number of alkyl halides is 1. The zero-order chi connectivity index (χ0) is 24.8. The topological polar surface area (TPSA) is 6.48 Å². The molecule has 2 aromatic rings. The van der Waals surface area contributed by atoms with Gasteiger partial charge in [-0.3, -0.25) is 0 Å². The average Bonchev–Trinajstić information content (AvgIpc) is 3.12. The van der Waals surface area contributed by atoms with Crippen molar-refractivity contribution in [3.05, 3.63) is 66.0 Å². The lowest BCUT2D eigenvalue weighted by molar-refractivity contribution is 0.0943. The van der Waals surface area contributed by atoms with E-state index >= 15 is 4.39 Å². The molecule has 0 unspecified atom stereocenters. The number of benzene rings is 2. The van der Waals surface area contributed by atoms with Crippen molar-refractivity contribution < 1.29 is 8.78 Å². The molecular formula is C31H42F2N2. The highest BCUT2D eigenvalue weighted by Crippen LogP contribution is 2.29. The molecule has 2 nitrogen and oxygen atoms in total. The Bertz CT molecular complexity index is 960. The lowest BCUT2D eigenvalue weighted by atomic mass is 9.90. The van der Waals surface area contributed by atoms with Gasteiger partial charge in [0.1, 0.15) is 11.5 Å². The Kier molecular flexibility index (Phi) is 8.64. The first-order valence-electron chi connectivity index (χ1n) is 13.5. The summed E-state index contributed by atoms with van der Waals surface area (Å²) in [5.41, 5.74) is 3.59. The number of piperidine rings is 1. The zero-order valence-electron chi connectivity index (χ0n) is 21.7. The summed E-state index contributed by atoms with van der Waals surface area (Å²) >= 11 is 0. The highest BCUT2D eigenvalue weighted by Gasteiger charge is 2.25. The van der Waals surface area contributed by atoms with Gasteiger partial charge in [0.15, 0.2) is 0 Å². The number of hydrogen-bond acceptors (Lipinski definition) is 2. The molecule has 4 heteroatoms. The Balaban J connectivity index is 1.30. The molecule has 0 radical (unpaired) electrons. The molecular weight excluding hydrogens is 438 g/mol. The smallest absolute Gasteiger partial charge is 0.133 e. The van der Waals surface area contributed by atoms with E-state index in [1.807, 2.05) is 12.1 Å². The molecule has 0 aliphatic carbocycles. The van der Waals surface area contributed by atoms with Gasteiger partial charge in [-0.05, 0) is 100 Å². The molecule has 2 aliphatic heterocycles. The van der Waals surface area contributed by atoms with Crippen molar-refractivity contribution in [2.45, 2.75) is 70.9 Å². The predicted molar refractivity (Wildman–Crippen MR) is 144 cm³/mol. The van der Waals surface area contributed by atoms with Crippen LogP contribution in [0.15, 0.2) is 49.0 Å². The summed E-state index contributed by atoms with van der Waals surface area (Å²) in [6.07, 6.45) is 9.35. The van der Waals surface area contributed by atoms with E-state index in [2.05, 4.69) is 40.6 Å². The van der Waals surface area contributed by atoms with Crippen molar-refractivity contribution in [3.63, 3.8) is 0 Å². The van der Waals surface area contributed by atoms with Gasteiger partial charge in [-0.25, -0.2) is 8.78 Å². The number of nitrogens with zero attached hydrogens (tertiary/aromatic N) is 2. The zero-order valence-corrected chi connectivity index (χ0v) is 21.7. The van der Waals surface area contributed by atoms with Crippen molar-refractivity contribution in [2.75, 3.05) is 32.7 Å². The summed E-state index contributed by atoms with van der Waals surface area (Å²) in [5, 5.41) is 0. The van der Waals surface area contributed by atoms with E-state index in [1.165, 1.54) is 24.8 Å². The first-order chi connectivity index (χ1) is 16.8. The third kappa shape index (κ3) is 7.39. The molecule has 2 saturated heterocycles. The maximum atomic E-state index is 15.1. The molecule has 0 bridgehead atoms. The Labute approximate surface area is 211 Å². The second-order valence-electron chi connectivity index (χ2n) is 11.2. The summed E-state index contributed by atoms with van der Waals surface area (Å²) < 4.78 is 29.0. The molecule has 0 amide bonds. The van der Waals surface area contributed by atoms with Crippen molar-refractivity contribution in [2.24, 2.45) is 5.92 Å². The molecule has 0 N–H and O–H groups in total. The quantitative estimate of drug-likeness (QED) is 0.381. The van der Waals surface area contributed by atoms with Crippen LogP contribution in [0.1, 0.15) is 69.9 Å². The SMILES string of the molecule is C=C(c1ccc(-c2ccc(CCC3CCN(CC(C)(C)F)CC3)cc2)cc1F)N1CCCCCC1. The van der Waals surface area contributed by atoms with Gasteiger partial charge in [-0.1, -0.05) is 49.8 Å². The van der Waals surface area contributed by atoms with Crippen LogP contribution < -0.4 is 0 Å². The van der Waals surface area contributed by atoms with Gasteiger partial charge in [0.25, 0.3) is 0 Å². The van der Waals surface area contributed by atoms with Gasteiger partial charge >= 0.3 is 0 Å². The molecule has 2 aliphatic rings. The largest absolute Gasteiger partial charge is 0.371 e. The van der Waals surface area contributed by atoms with Gasteiger partial charge < -0.3 is 9.80 Å². The van der Waals surface area contributed by atoms with Crippen LogP contribution in [-0.2, 0) is 6.42 Å². The monoisotopic (exact) mass is 480 g/mol. The molecule has 2 aromatic carbocycles. The predicted octanol–water partition coefficient (Wildman–Crippen LogP) is 7.73. The number of aryl methyl sites for hydroxylation is 1.